The predicted octanol–water partition coefficient (Wildman–Crippen LogP) is 3.95. The molecule has 0 fully saturated rings. The molecule has 0 unspecified atom stereocenters. The first-order chi connectivity index (χ1) is 9.31. The molecule has 0 saturated heterocycles. The number of benzene rings is 1. The Kier molecular flexibility index (Phi) is 6.40. The monoisotopic (exact) mass is 284 g/mol. The van der Waals surface area contributed by atoms with Gasteiger partial charge in [-0.25, -0.2) is 8.78 Å². The van der Waals surface area contributed by atoms with E-state index in [1.165, 1.54) is 12.1 Å². The summed E-state index contributed by atoms with van der Waals surface area (Å²) in [5, 5.41) is 3.16. The highest BCUT2D eigenvalue weighted by molar-refractivity contribution is 5.50. The lowest BCUT2D eigenvalue weighted by molar-refractivity contribution is 0.544. The van der Waals surface area contributed by atoms with E-state index in [1.807, 2.05) is 13.8 Å². The number of nitrogens with zero attached hydrogens (tertiary/aromatic N) is 1. The molecule has 0 aliphatic carbocycles. The van der Waals surface area contributed by atoms with Crippen LogP contribution < -0.4 is 10.2 Å². The van der Waals surface area contributed by atoms with E-state index in [4.69, 9.17) is 0 Å². The van der Waals surface area contributed by atoms with Crippen molar-refractivity contribution in [1.29, 1.82) is 0 Å². The standard InChI is InChI=1S/C16H26F2N2/c1-11(2)6-7-20(5)16-14(17)8-13(9-15(16)18)10-19-12(3)4/h8-9,11-12,19H,6-7,10H2,1-5H3. The number of halogens is 2. The number of rotatable bonds is 7. The van der Waals surface area contributed by atoms with Crippen LogP contribution in [0.1, 0.15) is 39.7 Å². The zero-order valence-electron chi connectivity index (χ0n) is 13.1. The van der Waals surface area contributed by atoms with Crippen molar-refractivity contribution >= 4 is 5.69 Å². The molecule has 4 heteroatoms. The van der Waals surface area contributed by atoms with Gasteiger partial charge in [0.2, 0.25) is 0 Å². The SMILES string of the molecule is CC(C)CCN(C)c1c(F)cc(CNC(C)C)cc1F. The van der Waals surface area contributed by atoms with Crippen molar-refractivity contribution in [3.63, 3.8) is 0 Å². The van der Waals surface area contributed by atoms with Crippen LogP contribution in [0.3, 0.4) is 0 Å². The molecule has 0 aromatic heterocycles. The maximum Gasteiger partial charge on any atom is 0.149 e. The van der Waals surface area contributed by atoms with Crippen LogP contribution in [0.15, 0.2) is 12.1 Å². The van der Waals surface area contributed by atoms with E-state index in [-0.39, 0.29) is 11.7 Å². The van der Waals surface area contributed by atoms with Gasteiger partial charge in [-0.15, -0.1) is 0 Å². The second-order valence-electron chi connectivity index (χ2n) is 6.05. The summed E-state index contributed by atoms with van der Waals surface area (Å²) in [5.41, 5.74) is 0.702. The van der Waals surface area contributed by atoms with Gasteiger partial charge < -0.3 is 10.2 Å². The van der Waals surface area contributed by atoms with Crippen molar-refractivity contribution in [1.82, 2.24) is 5.32 Å². The van der Waals surface area contributed by atoms with E-state index < -0.39 is 11.6 Å². The van der Waals surface area contributed by atoms with Crippen LogP contribution in [0.4, 0.5) is 14.5 Å². The highest BCUT2D eigenvalue weighted by Gasteiger charge is 2.15. The lowest BCUT2D eigenvalue weighted by Gasteiger charge is -2.22. The first-order valence-electron chi connectivity index (χ1n) is 7.23. The average Bonchev–Trinajstić information content (AvgIpc) is 2.33. The van der Waals surface area contributed by atoms with Gasteiger partial charge in [0, 0.05) is 26.2 Å². The molecular weight excluding hydrogens is 258 g/mol. The van der Waals surface area contributed by atoms with Crippen LogP contribution in [-0.4, -0.2) is 19.6 Å². The van der Waals surface area contributed by atoms with Crippen LogP contribution in [0.25, 0.3) is 0 Å². The third-order valence-corrected chi connectivity index (χ3v) is 3.21. The van der Waals surface area contributed by atoms with Gasteiger partial charge in [0.25, 0.3) is 0 Å². The summed E-state index contributed by atoms with van der Waals surface area (Å²) in [7, 11) is 1.73. The predicted molar refractivity (Wildman–Crippen MR) is 81.1 cm³/mol. The van der Waals surface area contributed by atoms with Crippen LogP contribution in [0.5, 0.6) is 0 Å². The van der Waals surface area contributed by atoms with Crippen molar-refractivity contribution < 1.29 is 8.78 Å². The van der Waals surface area contributed by atoms with Crippen molar-refractivity contribution in [3.8, 4) is 0 Å². The number of hydrogen-bond acceptors (Lipinski definition) is 2. The van der Waals surface area contributed by atoms with Gasteiger partial charge >= 0.3 is 0 Å². The lowest BCUT2D eigenvalue weighted by Crippen LogP contribution is -2.24. The molecule has 0 amide bonds. The van der Waals surface area contributed by atoms with Gasteiger partial charge in [-0.1, -0.05) is 27.7 Å². The highest BCUT2D eigenvalue weighted by atomic mass is 19.1. The fraction of sp³-hybridized carbons (Fsp3) is 0.625. The molecule has 0 radical (unpaired) electrons. The molecule has 20 heavy (non-hydrogen) atoms. The molecule has 114 valence electrons. The Morgan fingerprint density at radius 3 is 2.10 bits per heavy atom. The highest BCUT2D eigenvalue weighted by Crippen LogP contribution is 2.24. The van der Waals surface area contributed by atoms with E-state index in [0.29, 0.717) is 24.6 Å². The minimum atomic E-state index is -0.489. The maximum atomic E-state index is 14.1. The molecule has 1 aromatic carbocycles. The van der Waals surface area contributed by atoms with Crippen molar-refractivity contribution in [2.75, 3.05) is 18.5 Å². The molecule has 0 aliphatic heterocycles. The smallest absolute Gasteiger partial charge is 0.149 e. The van der Waals surface area contributed by atoms with E-state index in [1.54, 1.807) is 11.9 Å². The average molecular weight is 284 g/mol. The van der Waals surface area contributed by atoms with Gasteiger partial charge in [-0.3, -0.25) is 0 Å². The number of nitrogens with one attached hydrogen (secondary N) is 1. The quantitative estimate of drug-likeness (QED) is 0.815. The van der Waals surface area contributed by atoms with Crippen molar-refractivity contribution in [2.45, 2.75) is 46.7 Å². The van der Waals surface area contributed by atoms with Crippen LogP contribution >= 0.6 is 0 Å². The van der Waals surface area contributed by atoms with Crippen LogP contribution in [0, 0.1) is 17.6 Å². The first-order valence-corrected chi connectivity index (χ1v) is 7.23. The zero-order chi connectivity index (χ0) is 15.3. The second kappa shape index (κ2) is 7.58. The minimum Gasteiger partial charge on any atom is -0.370 e. The summed E-state index contributed by atoms with van der Waals surface area (Å²) < 4.78 is 28.2. The Morgan fingerprint density at radius 2 is 1.65 bits per heavy atom. The summed E-state index contributed by atoms with van der Waals surface area (Å²) >= 11 is 0. The third kappa shape index (κ3) is 5.08. The van der Waals surface area contributed by atoms with Gasteiger partial charge in [0.05, 0.1) is 0 Å². The van der Waals surface area contributed by atoms with E-state index >= 15 is 0 Å². The molecule has 0 heterocycles. The molecule has 1 N–H and O–H groups in total. The fourth-order valence-corrected chi connectivity index (χ4v) is 1.97. The largest absolute Gasteiger partial charge is 0.370 e. The summed E-state index contributed by atoms with van der Waals surface area (Å²) in [6, 6.07) is 3.12. The summed E-state index contributed by atoms with van der Waals surface area (Å²) in [6.07, 6.45) is 0.909. The molecular formula is C16H26F2N2. The first kappa shape index (κ1) is 16.9. The molecule has 0 saturated carbocycles. The van der Waals surface area contributed by atoms with Crippen LogP contribution in [-0.2, 0) is 6.54 Å². The molecule has 0 atom stereocenters. The molecule has 0 aliphatic rings. The van der Waals surface area contributed by atoms with Crippen molar-refractivity contribution in [3.05, 3.63) is 29.3 Å². The van der Waals surface area contributed by atoms with Gasteiger partial charge in [0.15, 0.2) is 0 Å². The van der Waals surface area contributed by atoms with E-state index in [0.717, 1.165) is 6.42 Å². The summed E-state index contributed by atoms with van der Waals surface area (Å²) in [6.45, 7) is 9.32. The Labute approximate surface area is 121 Å². The Bertz CT molecular complexity index is 407. The Balaban J connectivity index is 2.82. The molecule has 0 bridgehead atoms. The summed E-state index contributed by atoms with van der Waals surface area (Å²) in [4.78, 5) is 1.66. The maximum absolute atomic E-state index is 14.1. The minimum absolute atomic E-state index is 0.0685. The molecule has 0 spiro atoms. The lowest BCUT2D eigenvalue weighted by atomic mass is 10.1. The summed E-state index contributed by atoms with van der Waals surface area (Å²) in [5.74, 6) is -0.466. The van der Waals surface area contributed by atoms with Crippen LogP contribution in [0.2, 0.25) is 0 Å². The Hall–Kier alpha value is -1.16. The molecule has 1 rings (SSSR count). The number of anilines is 1. The van der Waals surface area contributed by atoms with E-state index in [9.17, 15) is 8.78 Å². The second-order valence-corrected chi connectivity index (χ2v) is 6.05. The third-order valence-electron chi connectivity index (χ3n) is 3.21. The Morgan fingerprint density at radius 1 is 1.10 bits per heavy atom. The fourth-order valence-electron chi connectivity index (χ4n) is 1.97. The van der Waals surface area contributed by atoms with E-state index in [2.05, 4.69) is 19.2 Å². The van der Waals surface area contributed by atoms with Gasteiger partial charge in [0.1, 0.15) is 17.3 Å². The molecule has 2 nitrogen and oxygen atoms in total. The van der Waals surface area contributed by atoms with Crippen molar-refractivity contribution in [2.24, 2.45) is 5.92 Å². The number of hydrogen-bond donors (Lipinski definition) is 1. The van der Waals surface area contributed by atoms with Gasteiger partial charge in [-0.2, -0.15) is 0 Å². The normalized spacial score (nSPS) is 11.4. The zero-order valence-corrected chi connectivity index (χ0v) is 13.1. The topological polar surface area (TPSA) is 15.3 Å². The molecule has 1 aromatic rings. The van der Waals surface area contributed by atoms with Gasteiger partial charge in [-0.05, 0) is 30.0 Å².